The van der Waals surface area contributed by atoms with E-state index in [4.69, 9.17) is 0 Å². The zero-order chi connectivity index (χ0) is 21.0. The lowest BCUT2D eigenvalue weighted by molar-refractivity contribution is -0.117. The number of nitrogens with zero attached hydrogens (tertiary/aromatic N) is 4. The topological polar surface area (TPSA) is 72.7 Å². The largest absolute Gasteiger partial charge is 0.325 e. The van der Waals surface area contributed by atoms with E-state index in [0.717, 1.165) is 17.1 Å². The highest BCUT2D eigenvalue weighted by molar-refractivity contribution is 8.01. The first-order chi connectivity index (χ1) is 13.8. The molecule has 0 atom stereocenters. The second-order valence-electron chi connectivity index (χ2n) is 7.64. The van der Waals surface area contributed by atoms with Crippen LogP contribution in [0.5, 0.6) is 0 Å². The second kappa shape index (κ2) is 8.78. The summed E-state index contributed by atoms with van der Waals surface area (Å²) in [5, 5.41) is 12.4. The van der Waals surface area contributed by atoms with Crippen molar-refractivity contribution in [1.82, 2.24) is 19.7 Å². The van der Waals surface area contributed by atoms with Gasteiger partial charge in [-0.15, -0.1) is 10.2 Å². The molecular weight excluding hydrogens is 382 g/mol. The van der Waals surface area contributed by atoms with E-state index in [1.54, 1.807) is 12.4 Å². The van der Waals surface area contributed by atoms with Crippen LogP contribution in [0.25, 0.3) is 11.4 Å². The molecule has 0 radical (unpaired) electrons. The molecule has 0 saturated heterocycles. The summed E-state index contributed by atoms with van der Waals surface area (Å²) in [6.07, 6.45) is 3.50. The number of thioether (sulfide) groups is 1. The van der Waals surface area contributed by atoms with E-state index in [1.165, 1.54) is 17.3 Å². The maximum atomic E-state index is 12.9. The van der Waals surface area contributed by atoms with E-state index in [9.17, 15) is 4.79 Å². The molecule has 0 unspecified atom stereocenters. The molecule has 152 valence electrons. The average molecular weight is 410 g/mol. The highest BCUT2D eigenvalue weighted by Crippen LogP contribution is 2.34. The van der Waals surface area contributed by atoms with Crippen LogP contribution in [0.2, 0.25) is 0 Å². The van der Waals surface area contributed by atoms with E-state index in [-0.39, 0.29) is 5.91 Å². The third-order valence-corrected chi connectivity index (χ3v) is 5.86. The van der Waals surface area contributed by atoms with Gasteiger partial charge in [0.15, 0.2) is 11.0 Å². The van der Waals surface area contributed by atoms with Crippen LogP contribution in [-0.4, -0.2) is 30.4 Å². The van der Waals surface area contributed by atoms with Gasteiger partial charge in [-0.3, -0.25) is 9.78 Å². The molecule has 0 aliphatic carbocycles. The highest BCUT2D eigenvalue weighted by Gasteiger charge is 2.32. The van der Waals surface area contributed by atoms with E-state index in [1.807, 2.05) is 61.7 Å². The van der Waals surface area contributed by atoms with E-state index < -0.39 is 4.75 Å². The van der Waals surface area contributed by atoms with Crippen LogP contribution < -0.4 is 5.32 Å². The maximum Gasteiger partial charge on any atom is 0.240 e. The molecule has 6 nitrogen and oxygen atoms in total. The normalized spacial score (nSPS) is 11.7. The van der Waals surface area contributed by atoms with Crippen molar-refractivity contribution in [3.63, 3.8) is 0 Å². The molecule has 0 spiro atoms. The van der Waals surface area contributed by atoms with Crippen molar-refractivity contribution in [1.29, 1.82) is 0 Å². The van der Waals surface area contributed by atoms with Gasteiger partial charge in [-0.2, -0.15) is 0 Å². The predicted molar refractivity (Wildman–Crippen MR) is 118 cm³/mol. The zero-order valence-corrected chi connectivity index (χ0v) is 18.3. The molecule has 2 aromatic heterocycles. The van der Waals surface area contributed by atoms with Gasteiger partial charge >= 0.3 is 0 Å². The van der Waals surface area contributed by atoms with Crippen molar-refractivity contribution in [2.75, 3.05) is 5.32 Å². The maximum absolute atomic E-state index is 12.9. The van der Waals surface area contributed by atoms with Gasteiger partial charge in [-0.25, -0.2) is 0 Å². The third kappa shape index (κ3) is 4.85. The number of nitrogens with one attached hydrogen (secondary N) is 1. The number of amides is 1. The number of carbonyl (C=O) groups excluding carboxylic acids is 1. The summed E-state index contributed by atoms with van der Waals surface area (Å²) in [6, 6.07) is 11.8. The standard InChI is InChI=1S/C22H27N5OS/c1-6-27-19(17-8-7-13-23-14-17)25-26-21(27)29-22(4,5)20(28)24-18-11-9-16(10-12-18)15(2)3/h7-15H,6H2,1-5H3,(H,24,28). The molecule has 0 aliphatic rings. The fraction of sp³-hybridized carbons (Fsp3) is 0.364. The Labute approximate surface area is 176 Å². The molecule has 3 rings (SSSR count). The number of carbonyl (C=O) groups is 1. The molecule has 0 saturated carbocycles. The number of rotatable bonds is 7. The van der Waals surface area contributed by atoms with E-state index >= 15 is 0 Å². The quantitative estimate of drug-likeness (QED) is 0.556. The van der Waals surface area contributed by atoms with Crippen molar-refractivity contribution in [3.8, 4) is 11.4 Å². The summed E-state index contributed by atoms with van der Waals surface area (Å²) in [5.74, 6) is 1.14. The van der Waals surface area contributed by atoms with E-state index in [0.29, 0.717) is 17.6 Å². The van der Waals surface area contributed by atoms with Crippen molar-refractivity contribution in [2.24, 2.45) is 0 Å². The van der Waals surface area contributed by atoms with Crippen molar-refractivity contribution >= 4 is 23.4 Å². The van der Waals surface area contributed by atoms with E-state index in [2.05, 4.69) is 34.3 Å². The van der Waals surface area contributed by atoms with Crippen LogP contribution in [0, 0.1) is 0 Å². The van der Waals surface area contributed by atoms with Crippen LogP contribution in [0.1, 0.15) is 46.1 Å². The Hall–Kier alpha value is -2.67. The Kier molecular flexibility index (Phi) is 6.37. The predicted octanol–water partition coefficient (Wildman–Crippen LogP) is 4.99. The summed E-state index contributed by atoms with van der Waals surface area (Å²) >= 11 is 1.40. The molecule has 2 heterocycles. The Bertz CT molecular complexity index is 965. The molecule has 0 fully saturated rings. The average Bonchev–Trinajstić information content (AvgIpc) is 3.10. The first-order valence-electron chi connectivity index (χ1n) is 9.76. The first-order valence-corrected chi connectivity index (χ1v) is 10.6. The number of hydrogen-bond acceptors (Lipinski definition) is 5. The lowest BCUT2D eigenvalue weighted by Gasteiger charge is -2.23. The van der Waals surface area contributed by atoms with Crippen LogP contribution in [0.3, 0.4) is 0 Å². The molecule has 0 aliphatic heterocycles. The number of pyridine rings is 1. The van der Waals surface area contributed by atoms with Crippen molar-refractivity contribution in [2.45, 2.75) is 57.0 Å². The van der Waals surface area contributed by atoms with Gasteiger partial charge in [0.1, 0.15) is 0 Å². The molecule has 0 bridgehead atoms. The molecule has 3 aromatic rings. The highest BCUT2D eigenvalue weighted by atomic mass is 32.2. The van der Waals surface area contributed by atoms with Gasteiger partial charge in [0, 0.05) is 30.2 Å². The minimum Gasteiger partial charge on any atom is -0.325 e. The Morgan fingerprint density at radius 2 is 1.90 bits per heavy atom. The summed E-state index contributed by atoms with van der Waals surface area (Å²) in [6.45, 7) is 10.8. The smallest absolute Gasteiger partial charge is 0.240 e. The first kappa shape index (κ1) is 21.0. The summed E-state index contributed by atoms with van der Waals surface area (Å²) in [7, 11) is 0. The van der Waals surface area contributed by atoms with Crippen molar-refractivity contribution < 1.29 is 4.79 Å². The number of benzene rings is 1. The Morgan fingerprint density at radius 1 is 1.17 bits per heavy atom. The molecular formula is C22H27N5OS. The summed E-state index contributed by atoms with van der Waals surface area (Å²) in [5.41, 5.74) is 2.94. The van der Waals surface area contributed by atoms with Gasteiger partial charge in [-0.1, -0.05) is 37.7 Å². The Morgan fingerprint density at radius 3 is 2.48 bits per heavy atom. The fourth-order valence-corrected chi connectivity index (χ4v) is 3.87. The number of hydrogen-bond donors (Lipinski definition) is 1. The Balaban J connectivity index is 1.76. The third-order valence-electron chi connectivity index (χ3n) is 4.68. The second-order valence-corrected chi connectivity index (χ2v) is 9.23. The number of anilines is 1. The minimum absolute atomic E-state index is 0.0756. The van der Waals surface area contributed by atoms with Gasteiger partial charge in [0.2, 0.25) is 5.91 Å². The molecule has 1 aromatic carbocycles. The number of aromatic nitrogens is 4. The zero-order valence-electron chi connectivity index (χ0n) is 17.5. The van der Waals surface area contributed by atoms with Crippen molar-refractivity contribution in [3.05, 3.63) is 54.4 Å². The molecule has 29 heavy (non-hydrogen) atoms. The summed E-state index contributed by atoms with van der Waals surface area (Å²) < 4.78 is 1.29. The van der Waals surface area contributed by atoms with Gasteiger partial charge < -0.3 is 9.88 Å². The molecule has 1 N–H and O–H groups in total. The van der Waals surface area contributed by atoms with Gasteiger partial charge in [-0.05, 0) is 56.5 Å². The van der Waals surface area contributed by atoms with Gasteiger partial charge in [0.05, 0.1) is 4.75 Å². The summed E-state index contributed by atoms with van der Waals surface area (Å²) in [4.78, 5) is 17.1. The molecule has 1 amide bonds. The van der Waals surface area contributed by atoms with Gasteiger partial charge in [0.25, 0.3) is 0 Å². The van der Waals surface area contributed by atoms with Crippen LogP contribution in [0.4, 0.5) is 5.69 Å². The minimum atomic E-state index is -0.719. The lowest BCUT2D eigenvalue weighted by atomic mass is 10.0. The lowest BCUT2D eigenvalue weighted by Crippen LogP contribution is -2.34. The SMILES string of the molecule is CCn1c(SC(C)(C)C(=O)Nc2ccc(C(C)C)cc2)nnc1-c1cccnc1. The molecule has 7 heteroatoms. The van der Waals surface area contributed by atoms with Crippen LogP contribution >= 0.6 is 11.8 Å². The fourth-order valence-electron chi connectivity index (χ4n) is 2.87. The van der Waals surface area contributed by atoms with Crippen LogP contribution in [0.15, 0.2) is 53.9 Å². The van der Waals surface area contributed by atoms with Crippen LogP contribution in [-0.2, 0) is 11.3 Å². The monoisotopic (exact) mass is 409 g/mol.